The Labute approximate surface area is 114 Å². The van der Waals surface area contributed by atoms with Crippen LogP contribution >= 0.6 is 0 Å². The van der Waals surface area contributed by atoms with Gasteiger partial charge in [0.1, 0.15) is 0 Å². The summed E-state index contributed by atoms with van der Waals surface area (Å²) in [4.78, 5) is 0. The van der Waals surface area contributed by atoms with Crippen LogP contribution in [0.25, 0.3) is 0 Å². The Kier molecular flexibility index (Phi) is 3.38. The first-order valence-corrected chi connectivity index (χ1v) is 7.02. The second-order valence-corrected chi connectivity index (χ2v) is 5.49. The first-order valence-electron chi connectivity index (χ1n) is 7.02. The second-order valence-electron chi connectivity index (χ2n) is 5.49. The zero-order chi connectivity index (χ0) is 13.2. The number of fused-ring (bicyclic) bond motifs is 1. The minimum atomic E-state index is 0.588. The number of hydrogen-bond donors (Lipinski definition) is 1. The normalized spacial score (nSPS) is 18.3. The maximum Gasteiger partial charge on any atom is 0.0597 e. The van der Waals surface area contributed by atoms with Crippen LogP contribution in [0.15, 0.2) is 30.3 Å². The highest BCUT2D eigenvalue weighted by Gasteiger charge is 2.17. The number of nitrogens with one attached hydrogen (secondary N) is 1. The Morgan fingerprint density at radius 2 is 2.11 bits per heavy atom. The monoisotopic (exact) mass is 255 g/mol. The third-order valence-corrected chi connectivity index (χ3v) is 4.02. The molecule has 3 rings (SSSR count). The molecule has 3 heteroatoms. The Bertz CT molecular complexity index is 571. The highest BCUT2D eigenvalue weighted by atomic mass is 15.3. The fourth-order valence-electron chi connectivity index (χ4n) is 2.95. The fourth-order valence-corrected chi connectivity index (χ4v) is 2.95. The summed E-state index contributed by atoms with van der Waals surface area (Å²) in [5.74, 6) is 0. The molecule has 0 saturated heterocycles. The summed E-state index contributed by atoms with van der Waals surface area (Å²) in [5, 5.41) is 8.06. The molecule has 1 heterocycles. The van der Waals surface area contributed by atoms with Gasteiger partial charge in [-0.15, -0.1) is 0 Å². The topological polar surface area (TPSA) is 29.9 Å². The molecule has 1 aliphatic carbocycles. The van der Waals surface area contributed by atoms with Gasteiger partial charge in [-0.1, -0.05) is 24.3 Å². The minimum Gasteiger partial charge on any atom is -0.308 e. The van der Waals surface area contributed by atoms with Gasteiger partial charge in [0.2, 0.25) is 0 Å². The molecule has 19 heavy (non-hydrogen) atoms. The Morgan fingerprint density at radius 3 is 2.84 bits per heavy atom. The van der Waals surface area contributed by atoms with E-state index in [0.29, 0.717) is 6.04 Å². The number of benzene rings is 1. The summed E-state index contributed by atoms with van der Waals surface area (Å²) in [5.41, 5.74) is 5.38. The molecule has 100 valence electrons. The predicted molar refractivity (Wildman–Crippen MR) is 77.0 cm³/mol. The molecule has 0 saturated carbocycles. The van der Waals surface area contributed by atoms with Gasteiger partial charge in [-0.3, -0.25) is 4.68 Å². The Hall–Kier alpha value is -1.61. The van der Waals surface area contributed by atoms with E-state index in [9.17, 15) is 0 Å². The van der Waals surface area contributed by atoms with Crippen molar-refractivity contribution in [1.82, 2.24) is 15.1 Å². The largest absolute Gasteiger partial charge is 0.308 e. The van der Waals surface area contributed by atoms with E-state index in [1.165, 1.54) is 29.7 Å². The van der Waals surface area contributed by atoms with Gasteiger partial charge in [-0.05, 0) is 43.4 Å². The lowest BCUT2D eigenvalue weighted by Gasteiger charge is -2.25. The summed E-state index contributed by atoms with van der Waals surface area (Å²) in [6, 6.07) is 11.6. The average Bonchev–Trinajstić information content (AvgIpc) is 2.74. The van der Waals surface area contributed by atoms with Gasteiger partial charge in [-0.2, -0.15) is 5.10 Å². The molecule has 1 aromatic heterocycles. The molecule has 0 amide bonds. The van der Waals surface area contributed by atoms with Crippen molar-refractivity contribution in [3.63, 3.8) is 0 Å². The van der Waals surface area contributed by atoms with Gasteiger partial charge in [0.15, 0.2) is 0 Å². The third-order valence-electron chi connectivity index (χ3n) is 4.02. The van der Waals surface area contributed by atoms with Crippen LogP contribution in [-0.2, 0) is 26.4 Å². The van der Waals surface area contributed by atoms with Crippen molar-refractivity contribution in [2.24, 2.45) is 7.05 Å². The smallest absolute Gasteiger partial charge is 0.0597 e. The third kappa shape index (κ3) is 2.71. The van der Waals surface area contributed by atoms with Crippen LogP contribution in [0.3, 0.4) is 0 Å². The van der Waals surface area contributed by atoms with E-state index in [2.05, 4.69) is 40.7 Å². The molecular weight excluding hydrogens is 234 g/mol. The molecule has 1 atom stereocenters. The number of aryl methyl sites for hydroxylation is 3. The maximum atomic E-state index is 4.39. The summed E-state index contributed by atoms with van der Waals surface area (Å²) in [7, 11) is 2.01. The lowest BCUT2D eigenvalue weighted by Crippen LogP contribution is -2.34. The van der Waals surface area contributed by atoms with Gasteiger partial charge in [0.05, 0.1) is 11.4 Å². The van der Waals surface area contributed by atoms with E-state index in [-0.39, 0.29) is 0 Å². The van der Waals surface area contributed by atoms with Crippen LogP contribution < -0.4 is 5.32 Å². The average molecular weight is 255 g/mol. The van der Waals surface area contributed by atoms with Gasteiger partial charge in [0.25, 0.3) is 0 Å². The molecule has 2 aromatic rings. The summed E-state index contributed by atoms with van der Waals surface area (Å²) in [6.07, 6.45) is 3.57. The van der Waals surface area contributed by atoms with E-state index in [1.807, 2.05) is 18.7 Å². The van der Waals surface area contributed by atoms with Crippen molar-refractivity contribution >= 4 is 0 Å². The molecule has 0 bridgehead atoms. The van der Waals surface area contributed by atoms with Crippen LogP contribution in [0.4, 0.5) is 0 Å². The van der Waals surface area contributed by atoms with Crippen molar-refractivity contribution in [3.05, 3.63) is 52.8 Å². The minimum absolute atomic E-state index is 0.588. The van der Waals surface area contributed by atoms with E-state index >= 15 is 0 Å². The number of aromatic nitrogens is 2. The Morgan fingerprint density at radius 1 is 1.32 bits per heavy atom. The van der Waals surface area contributed by atoms with Crippen LogP contribution in [-0.4, -0.2) is 15.8 Å². The molecule has 0 radical (unpaired) electrons. The van der Waals surface area contributed by atoms with Crippen molar-refractivity contribution in [1.29, 1.82) is 0 Å². The molecule has 1 aromatic carbocycles. The number of nitrogens with zero attached hydrogens (tertiary/aromatic N) is 2. The molecule has 0 fully saturated rings. The molecule has 1 unspecified atom stereocenters. The second kappa shape index (κ2) is 5.17. The first kappa shape index (κ1) is 12.4. The van der Waals surface area contributed by atoms with E-state index in [0.717, 1.165) is 18.7 Å². The van der Waals surface area contributed by atoms with E-state index in [4.69, 9.17) is 0 Å². The summed E-state index contributed by atoms with van der Waals surface area (Å²) < 4.78 is 1.97. The van der Waals surface area contributed by atoms with Crippen molar-refractivity contribution < 1.29 is 0 Å². The highest BCUT2D eigenvalue weighted by Crippen LogP contribution is 2.21. The van der Waals surface area contributed by atoms with Crippen LogP contribution in [0.5, 0.6) is 0 Å². The lowest BCUT2D eigenvalue weighted by molar-refractivity contribution is 0.449. The SMILES string of the molecule is Cc1cc(CNC2CCc3ccccc3C2)n(C)n1. The fraction of sp³-hybridized carbons (Fsp3) is 0.438. The number of hydrogen-bond acceptors (Lipinski definition) is 2. The molecular formula is C16H21N3. The van der Waals surface area contributed by atoms with E-state index in [1.54, 1.807) is 0 Å². The highest BCUT2D eigenvalue weighted by molar-refractivity contribution is 5.30. The van der Waals surface area contributed by atoms with Crippen molar-refractivity contribution in [3.8, 4) is 0 Å². The van der Waals surface area contributed by atoms with Crippen LogP contribution in [0.1, 0.15) is 28.9 Å². The van der Waals surface area contributed by atoms with E-state index < -0.39 is 0 Å². The number of rotatable bonds is 3. The molecule has 0 aliphatic heterocycles. The van der Waals surface area contributed by atoms with Crippen molar-refractivity contribution in [2.75, 3.05) is 0 Å². The summed E-state index contributed by atoms with van der Waals surface area (Å²) in [6.45, 7) is 2.95. The zero-order valence-electron chi connectivity index (χ0n) is 11.7. The summed E-state index contributed by atoms with van der Waals surface area (Å²) >= 11 is 0. The standard InChI is InChI=1S/C16H21N3/c1-12-9-16(19(2)18-12)11-17-15-8-7-13-5-3-4-6-14(13)10-15/h3-6,9,15,17H,7-8,10-11H2,1-2H3. The molecule has 1 N–H and O–H groups in total. The predicted octanol–water partition coefficient (Wildman–Crippen LogP) is 2.38. The van der Waals surface area contributed by atoms with Crippen molar-refractivity contribution in [2.45, 2.75) is 38.8 Å². The van der Waals surface area contributed by atoms with Gasteiger partial charge < -0.3 is 5.32 Å². The quantitative estimate of drug-likeness (QED) is 0.912. The Balaban J connectivity index is 1.62. The first-order chi connectivity index (χ1) is 9.22. The molecule has 0 spiro atoms. The maximum absolute atomic E-state index is 4.39. The van der Waals surface area contributed by atoms with Crippen LogP contribution in [0.2, 0.25) is 0 Å². The zero-order valence-corrected chi connectivity index (χ0v) is 11.7. The lowest BCUT2D eigenvalue weighted by atomic mass is 9.88. The van der Waals surface area contributed by atoms with Crippen LogP contribution in [0, 0.1) is 6.92 Å². The van der Waals surface area contributed by atoms with Gasteiger partial charge in [0, 0.05) is 19.6 Å². The van der Waals surface area contributed by atoms with Gasteiger partial charge in [-0.25, -0.2) is 0 Å². The molecule has 1 aliphatic rings. The molecule has 3 nitrogen and oxygen atoms in total. The van der Waals surface area contributed by atoms with Gasteiger partial charge >= 0.3 is 0 Å².